The molecular weight excluding hydrogens is 204 g/mol. The Morgan fingerprint density at radius 3 is 3.00 bits per heavy atom. The first-order valence-corrected chi connectivity index (χ1v) is 5.47. The minimum absolute atomic E-state index is 0.0260. The van der Waals surface area contributed by atoms with E-state index in [1.54, 1.807) is 18.2 Å². The number of amides is 1. The smallest absolute Gasteiger partial charge is 0.220 e. The lowest BCUT2D eigenvalue weighted by Gasteiger charge is -2.29. The molecule has 0 saturated carbocycles. The van der Waals surface area contributed by atoms with Crippen molar-refractivity contribution in [2.75, 3.05) is 6.54 Å². The first-order chi connectivity index (χ1) is 7.69. The normalized spacial score (nSPS) is 25.2. The van der Waals surface area contributed by atoms with Crippen molar-refractivity contribution in [2.45, 2.75) is 18.9 Å². The van der Waals surface area contributed by atoms with Crippen molar-refractivity contribution in [1.82, 2.24) is 5.32 Å². The van der Waals surface area contributed by atoms with Crippen LogP contribution in [0.4, 0.5) is 0 Å². The second-order valence-corrected chi connectivity index (χ2v) is 4.26. The third-order valence-electron chi connectivity index (χ3n) is 2.98. The summed E-state index contributed by atoms with van der Waals surface area (Å²) in [6, 6.07) is 6.96. The molecule has 2 rings (SSSR count). The van der Waals surface area contributed by atoms with Gasteiger partial charge in [0.1, 0.15) is 5.75 Å². The molecule has 2 unspecified atom stereocenters. The Labute approximate surface area is 94.5 Å². The van der Waals surface area contributed by atoms with Gasteiger partial charge in [0.05, 0.1) is 6.04 Å². The molecule has 0 radical (unpaired) electrons. The highest BCUT2D eigenvalue weighted by molar-refractivity contribution is 5.77. The number of carbonyl (C=O) groups is 1. The van der Waals surface area contributed by atoms with E-state index in [4.69, 9.17) is 5.73 Å². The lowest BCUT2D eigenvalue weighted by molar-refractivity contribution is -0.124. The second kappa shape index (κ2) is 4.53. The number of nitrogens with one attached hydrogen (secondary N) is 1. The molecule has 0 aliphatic carbocycles. The minimum Gasteiger partial charge on any atom is -0.508 e. The van der Waals surface area contributed by atoms with Crippen LogP contribution in [0.5, 0.6) is 5.75 Å². The number of benzene rings is 1. The zero-order valence-corrected chi connectivity index (χ0v) is 9.02. The number of hydrogen-bond acceptors (Lipinski definition) is 3. The molecule has 2 atom stereocenters. The van der Waals surface area contributed by atoms with Crippen molar-refractivity contribution >= 4 is 5.91 Å². The molecule has 1 aromatic rings. The Morgan fingerprint density at radius 2 is 2.31 bits per heavy atom. The SMILES string of the molecule is NCC1CC(=O)NC(c2cccc(O)c2)C1. The Bertz CT molecular complexity index is 392. The van der Waals surface area contributed by atoms with Crippen LogP contribution in [0, 0.1) is 5.92 Å². The van der Waals surface area contributed by atoms with Crippen molar-refractivity contribution in [3.8, 4) is 5.75 Å². The number of carbonyl (C=O) groups excluding carboxylic acids is 1. The predicted molar refractivity (Wildman–Crippen MR) is 60.8 cm³/mol. The average Bonchev–Trinajstić information content (AvgIpc) is 2.28. The Balaban J connectivity index is 2.17. The molecule has 4 nitrogen and oxygen atoms in total. The van der Waals surface area contributed by atoms with Gasteiger partial charge in [-0.2, -0.15) is 0 Å². The molecule has 1 heterocycles. The van der Waals surface area contributed by atoms with Gasteiger partial charge in [-0.1, -0.05) is 12.1 Å². The van der Waals surface area contributed by atoms with Gasteiger partial charge in [0.2, 0.25) is 5.91 Å². The number of nitrogens with two attached hydrogens (primary N) is 1. The van der Waals surface area contributed by atoms with E-state index >= 15 is 0 Å². The predicted octanol–water partition coefficient (Wildman–Crippen LogP) is 0.918. The fourth-order valence-electron chi connectivity index (χ4n) is 2.13. The summed E-state index contributed by atoms with van der Waals surface area (Å²) in [5.74, 6) is 0.498. The monoisotopic (exact) mass is 220 g/mol. The van der Waals surface area contributed by atoms with Crippen LogP contribution in [0.15, 0.2) is 24.3 Å². The molecule has 86 valence electrons. The number of aromatic hydroxyl groups is 1. The number of piperidine rings is 1. The molecule has 16 heavy (non-hydrogen) atoms. The Hall–Kier alpha value is -1.55. The summed E-state index contributed by atoms with van der Waals surface area (Å²) in [6.07, 6.45) is 1.34. The fraction of sp³-hybridized carbons (Fsp3) is 0.417. The highest BCUT2D eigenvalue weighted by Crippen LogP contribution is 2.28. The lowest BCUT2D eigenvalue weighted by atomic mass is 9.88. The molecule has 1 amide bonds. The third kappa shape index (κ3) is 2.33. The standard InChI is InChI=1S/C12H16N2O2/c13-7-8-4-11(14-12(16)5-8)9-2-1-3-10(15)6-9/h1-3,6,8,11,15H,4-5,7,13H2,(H,14,16). The summed E-state index contributed by atoms with van der Waals surface area (Å²) in [7, 11) is 0. The number of phenolic OH excluding ortho intramolecular Hbond substituents is 1. The van der Waals surface area contributed by atoms with Gasteiger partial charge in [-0.05, 0) is 36.6 Å². The third-order valence-corrected chi connectivity index (χ3v) is 2.98. The first kappa shape index (κ1) is 11.0. The molecule has 0 bridgehead atoms. The highest BCUT2D eigenvalue weighted by atomic mass is 16.3. The molecule has 0 aromatic heterocycles. The summed E-state index contributed by atoms with van der Waals surface area (Å²) in [6.45, 7) is 0.530. The fourth-order valence-corrected chi connectivity index (χ4v) is 2.13. The van der Waals surface area contributed by atoms with Crippen LogP contribution >= 0.6 is 0 Å². The summed E-state index contributed by atoms with van der Waals surface area (Å²) in [5.41, 5.74) is 6.54. The molecule has 1 aliphatic rings. The molecule has 1 saturated heterocycles. The topological polar surface area (TPSA) is 75.4 Å². The first-order valence-electron chi connectivity index (χ1n) is 5.47. The van der Waals surface area contributed by atoms with Crippen molar-refractivity contribution < 1.29 is 9.90 Å². The summed E-state index contributed by atoms with van der Waals surface area (Å²) in [4.78, 5) is 11.5. The largest absolute Gasteiger partial charge is 0.508 e. The van der Waals surface area contributed by atoms with Crippen LogP contribution in [0.25, 0.3) is 0 Å². The van der Waals surface area contributed by atoms with Gasteiger partial charge in [0.15, 0.2) is 0 Å². The Morgan fingerprint density at radius 1 is 1.50 bits per heavy atom. The average molecular weight is 220 g/mol. The van der Waals surface area contributed by atoms with E-state index in [0.717, 1.165) is 12.0 Å². The number of phenols is 1. The zero-order chi connectivity index (χ0) is 11.5. The van der Waals surface area contributed by atoms with Gasteiger partial charge in [0.25, 0.3) is 0 Å². The second-order valence-electron chi connectivity index (χ2n) is 4.26. The van der Waals surface area contributed by atoms with E-state index < -0.39 is 0 Å². The molecular formula is C12H16N2O2. The Kier molecular flexibility index (Phi) is 3.10. The van der Waals surface area contributed by atoms with E-state index in [2.05, 4.69) is 5.32 Å². The van der Waals surface area contributed by atoms with Crippen LogP contribution in [-0.2, 0) is 4.79 Å². The molecule has 1 aromatic carbocycles. The maximum atomic E-state index is 11.5. The summed E-state index contributed by atoms with van der Waals surface area (Å²) in [5, 5.41) is 12.3. The zero-order valence-electron chi connectivity index (χ0n) is 9.02. The maximum Gasteiger partial charge on any atom is 0.220 e. The minimum atomic E-state index is -0.0260. The van der Waals surface area contributed by atoms with Crippen LogP contribution in [0.2, 0.25) is 0 Å². The quantitative estimate of drug-likeness (QED) is 0.693. The van der Waals surface area contributed by atoms with Gasteiger partial charge in [-0.25, -0.2) is 0 Å². The van der Waals surface area contributed by atoms with Crippen LogP contribution in [-0.4, -0.2) is 17.6 Å². The number of rotatable bonds is 2. The van der Waals surface area contributed by atoms with E-state index in [1.807, 2.05) is 6.07 Å². The number of hydrogen-bond donors (Lipinski definition) is 3. The highest BCUT2D eigenvalue weighted by Gasteiger charge is 2.26. The summed E-state index contributed by atoms with van der Waals surface area (Å²) < 4.78 is 0. The van der Waals surface area contributed by atoms with E-state index in [9.17, 15) is 9.90 Å². The van der Waals surface area contributed by atoms with Crippen molar-refractivity contribution in [3.05, 3.63) is 29.8 Å². The molecule has 4 heteroatoms. The van der Waals surface area contributed by atoms with Crippen molar-refractivity contribution in [3.63, 3.8) is 0 Å². The molecule has 0 spiro atoms. The van der Waals surface area contributed by atoms with Crippen LogP contribution in [0.3, 0.4) is 0 Å². The van der Waals surface area contributed by atoms with E-state index in [-0.39, 0.29) is 23.6 Å². The van der Waals surface area contributed by atoms with Gasteiger partial charge in [0, 0.05) is 6.42 Å². The van der Waals surface area contributed by atoms with Crippen molar-refractivity contribution in [2.24, 2.45) is 11.7 Å². The maximum absolute atomic E-state index is 11.5. The van der Waals surface area contributed by atoms with Gasteiger partial charge >= 0.3 is 0 Å². The van der Waals surface area contributed by atoms with Crippen molar-refractivity contribution in [1.29, 1.82) is 0 Å². The van der Waals surface area contributed by atoms with Gasteiger partial charge in [-0.3, -0.25) is 4.79 Å². The van der Waals surface area contributed by atoms with Crippen LogP contribution in [0.1, 0.15) is 24.4 Å². The summed E-state index contributed by atoms with van der Waals surface area (Å²) >= 11 is 0. The lowest BCUT2D eigenvalue weighted by Crippen LogP contribution is -2.38. The van der Waals surface area contributed by atoms with E-state index in [1.165, 1.54) is 0 Å². The van der Waals surface area contributed by atoms with E-state index in [0.29, 0.717) is 13.0 Å². The van der Waals surface area contributed by atoms with Crippen LogP contribution < -0.4 is 11.1 Å². The molecule has 1 fully saturated rings. The molecule has 1 aliphatic heterocycles. The van der Waals surface area contributed by atoms with Gasteiger partial charge in [-0.15, -0.1) is 0 Å². The van der Waals surface area contributed by atoms with Gasteiger partial charge < -0.3 is 16.2 Å². The molecule has 4 N–H and O–H groups in total.